The van der Waals surface area contributed by atoms with Crippen LogP contribution in [0, 0.1) is 5.41 Å². The van der Waals surface area contributed by atoms with Crippen LogP contribution in [0.2, 0.25) is 5.02 Å². The molecule has 3 N–H and O–H groups in total. The number of fused-ring (bicyclic) bond motifs is 1. The molecule has 0 unspecified atom stereocenters. The summed E-state index contributed by atoms with van der Waals surface area (Å²) in [6.45, 7) is -0.237. The highest BCUT2D eigenvalue weighted by atomic mass is 35.5. The molecule has 0 radical (unpaired) electrons. The summed E-state index contributed by atoms with van der Waals surface area (Å²) in [5.74, 6) is 0.0517. The molecule has 28 heavy (non-hydrogen) atoms. The van der Waals surface area contributed by atoms with Crippen molar-refractivity contribution in [3.05, 3.63) is 37.5 Å². The van der Waals surface area contributed by atoms with E-state index in [0.717, 1.165) is 11.8 Å². The number of hydrogen-bond donors (Lipinski definition) is 3. The lowest BCUT2D eigenvalue weighted by Crippen LogP contribution is -2.38. The Hall–Kier alpha value is -1.53. The van der Waals surface area contributed by atoms with Crippen LogP contribution in [0.1, 0.15) is 5.56 Å². The second-order valence-corrected chi connectivity index (χ2v) is 7.57. The van der Waals surface area contributed by atoms with E-state index in [0.29, 0.717) is 6.07 Å². The summed E-state index contributed by atoms with van der Waals surface area (Å²) in [6, 6.07) is 0.597. The highest BCUT2D eigenvalue weighted by Gasteiger charge is 2.37. The van der Waals surface area contributed by atoms with Gasteiger partial charge in [-0.1, -0.05) is 11.6 Å². The number of hydrogen-bond acceptors (Lipinski definition) is 6. The third-order valence-corrected chi connectivity index (χ3v) is 5.95. The maximum absolute atomic E-state index is 13.4. The normalized spacial score (nSPS) is 12.7. The molecular weight excluding hydrogens is 425 g/mol. The van der Waals surface area contributed by atoms with Crippen molar-refractivity contribution in [2.45, 2.75) is 11.1 Å². The fourth-order valence-electron chi connectivity index (χ4n) is 2.69. The largest absolute Gasteiger partial charge is 0.417 e. The van der Waals surface area contributed by atoms with E-state index in [1.807, 2.05) is 4.98 Å². The van der Waals surface area contributed by atoms with Gasteiger partial charge in [0.25, 0.3) is 5.56 Å². The molecule has 0 atom stereocenters. The molecule has 1 aromatic heterocycles. The Morgan fingerprint density at radius 2 is 1.79 bits per heavy atom. The maximum Gasteiger partial charge on any atom is 0.417 e. The maximum atomic E-state index is 13.4. The monoisotopic (exact) mass is 442 g/mol. The zero-order valence-corrected chi connectivity index (χ0v) is 16.5. The van der Waals surface area contributed by atoms with Crippen LogP contribution in [0.15, 0.2) is 20.6 Å². The third kappa shape index (κ3) is 4.71. The fourth-order valence-corrected chi connectivity index (χ4v) is 4.36. The third-order valence-electron chi connectivity index (χ3n) is 4.00. The first kappa shape index (κ1) is 22.8. The number of H-pyrrole nitrogens is 2. The van der Waals surface area contributed by atoms with Gasteiger partial charge in [0.1, 0.15) is 0 Å². The number of ether oxygens (including phenoxy) is 2. The Morgan fingerprint density at radius 3 is 2.29 bits per heavy atom. The number of aliphatic hydroxyl groups is 1. The lowest BCUT2D eigenvalue weighted by Gasteiger charge is -2.30. The quantitative estimate of drug-likeness (QED) is 0.542. The van der Waals surface area contributed by atoms with Crippen LogP contribution in [0.4, 0.5) is 13.2 Å². The molecule has 7 nitrogen and oxygen atoms in total. The van der Waals surface area contributed by atoms with E-state index in [1.165, 1.54) is 14.2 Å². The van der Waals surface area contributed by atoms with Gasteiger partial charge in [-0.2, -0.15) is 13.2 Å². The van der Waals surface area contributed by atoms with Gasteiger partial charge >= 0.3 is 11.9 Å². The molecule has 2 aromatic rings. The molecule has 0 fully saturated rings. The van der Waals surface area contributed by atoms with Crippen molar-refractivity contribution in [2.75, 3.05) is 39.8 Å². The lowest BCUT2D eigenvalue weighted by atomic mass is 9.94. The first-order valence-electron chi connectivity index (χ1n) is 7.86. The van der Waals surface area contributed by atoms with Crippen molar-refractivity contribution in [2.24, 2.45) is 5.41 Å². The number of aromatic nitrogens is 2. The van der Waals surface area contributed by atoms with Crippen molar-refractivity contribution >= 4 is 34.3 Å². The molecule has 0 saturated carbocycles. The SMILES string of the molecule is COCC(CO)(COC)CSc1c(Cl)c(C(F)(F)F)cc2c(=O)[nH]c(=O)[nH]c12. The van der Waals surface area contributed by atoms with Crippen LogP contribution in [0.3, 0.4) is 0 Å². The molecule has 0 amide bonds. The highest BCUT2D eigenvalue weighted by molar-refractivity contribution is 7.99. The Kier molecular flexibility index (Phi) is 7.21. The smallest absolute Gasteiger partial charge is 0.396 e. The minimum Gasteiger partial charge on any atom is -0.396 e. The predicted molar refractivity (Wildman–Crippen MR) is 99.2 cm³/mol. The fraction of sp³-hybridized carbons (Fsp3) is 0.500. The summed E-state index contributed by atoms with van der Waals surface area (Å²) < 4.78 is 50.4. The molecule has 1 aromatic carbocycles. The standard InChI is InChI=1S/C16H18ClF3N2O5S/c1-26-5-15(4-23,6-27-2)7-28-12-10(17)9(16(18,19)20)3-8-11(12)21-14(25)22-13(8)24/h3,23H,4-7H2,1-2H3,(H2,21,22,24,25). The van der Waals surface area contributed by atoms with Gasteiger partial charge in [-0.25, -0.2) is 4.79 Å². The molecular formula is C16H18ClF3N2O5S. The van der Waals surface area contributed by atoms with Gasteiger partial charge < -0.3 is 19.6 Å². The number of thioether (sulfide) groups is 1. The van der Waals surface area contributed by atoms with E-state index in [2.05, 4.69) is 4.98 Å². The van der Waals surface area contributed by atoms with Crippen LogP contribution in [-0.4, -0.2) is 54.9 Å². The van der Waals surface area contributed by atoms with E-state index in [4.69, 9.17) is 21.1 Å². The van der Waals surface area contributed by atoms with E-state index in [1.54, 1.807) is 0 Å². The second kappa shape index (κ2) is 8.87. The first-order chi connectivity index (χ1) is 13.1. The van der Waals surface area contributed by atoms with E-state index in [9.17, 15) is 27.9 Å². The molecule has 0 aliphatic rings. The number of aliphatic hydroxyl groups excluding tert-OH is 1. The Morgan fingerprint density at radius 1 is 1.18 bits per heavy atom. The molecule has 0 aliphatic heterocycles. The molecule has 0 spiro atoms. The van der Waals surface area contributed by atoms with Gasteiger partial charge in [0.15, 0.2) is 0 Å². The highest BCUT2D eigenvalue weighted by Crippen LogP contribution is 2.43. The van der Waals surface area contributed by atoms with Crippen molar-refractivity contribution < 1.29 is 27.8 Å². The Balaban J connectivity index is 2.66. The minimum absolute atomic E-state index is 0.0517. The number of rotatable bonds is 8. The average molecular weight is 443 g/mol. The average Bonchev–Trinajstić information content (AvgIpc) is 2.59. The van der Waals surface area contributed by atoms with Crippen molar-refractivity contribution in [3.8, 4) is 0 Å². The van der Waals surface area contributed by atoms with Crippen LogP contribution in [-0.2, 0) is 15.7 Å². The number of benzene rings is 1. The van der Waals surface area contributed by atoms with E-state index < -0.39 is 33.4 Å². The van der Waals surface area contributed by atoms with Gasteiger partial charge in [0, 0.05) is 25.4 Å². The first-order valence-corrected chi connectivity index (χ1v) is 9.22. The molecule has 2 rings (SSSR count). The minimum atomic E-state index is -4.81. The van der Waals surface area contributed by atoms with Crippen LogP contribution < -0.4 is 11.2 Å². The number of aromatic amines is 2. The van der Waals surface area contributed by atoms with Crippen molar-refractivity contribution in [3.63, 3.8) is 0 Å². The second-order valence-electron chi connectivity index (χ2n) is 6.21. The number of halogens is 4. The number of methoxy groups -OCH3 is 2. The lowest BCUT2D eigenvalue weighted by molar-refractivity contribution is -0.137. The predicted octanol–water partition coefficient (Wildman–Crippen LogP) is 2.25. The molecule has 0 aliphatic carbocycles. The Bertz CT molecular complexity index is 954. The van der Waals surface area contributed by atoms with Gasteiger partial charge in [-0.05, 0) is 6.07 Å². The summed E-state index contributed by atoms with van der Waals surface area (Å²) in [7, 11) is 2.82. The number of alkyl halides is 3. The van der Waals surface area contributed by atoms with Crippen LogP contribution in [0.5, 0.6) is 0 Å². The van der Waals surface area contributed by atoms with Gasteiger partial charge in [-0.3, -0.25) is 9.78 Å². The zero-order valence-electron chi connectivity index (χ0n) is 14.9. The molecule has 0 bridgehead atoms. The summed E-state index contributed by atoms with van der Waals surface area (Å²) >= 11 is 6.86. The van der Waals surface area contributed by atoms with Crippen molar-refractivity contribution in [1.82, 2.24) is 9.97 Å². The van der Waals surface area contributed by atoms with Gasteiger partial charge in [0.05, 0.1) is 46.2 Å². The summed E-state index contributed by atoms with van der Waals surface area (Å²) in [5.41, 5.74) is -4.09. The molecule has 0 saturated heterocycles. The van der Waals surface area contributed by atoms with Gasteiger partial charge in [0.2, 0.25) is 0 Å². The summed E-state index contributed by atoms with van der Waals surface area (Å²) in [5, 5.41) is 8.77. The van der Waals surface area contributed by atoms with E-state index in [-0.39, 0.29) is 41.4 Å². The molecule has 1 heterocycles. The Labute approximate surface area is 166 Å². The summed E-state index contributed by atoms with van der Waals surface area (Å²) in [4.78, 5) is 27.8. The van der Waals surface area contributed by atoms with Crippen LogP contribution >= 0.6 is 23.4 Å². The molecule has 12 heteroatoms. The topological polar surface area (TPSA) is 104 Å². The van der Waals surface area contributed by atoms with Crippen molar-refractivity contribution in [1.29, 1.82) is 0 Å². The number of nitrogens with one attached hydrogen (secondary N) is 2. The van der Waals surface area contributed by atoms with E-state index >= 15 is 0 Å². The zero-order chi connectivity index (χ0) is 21.1. The summed E-state index contributed by atoms with van der Waals surface area (Å²) in [6.07, 6.45) is -4.81. The van der Waals surface area contributed by atoms with Gasteiger partial charge in [-0.15, -0.1) is 11.8 Å². The molecule has 156 valence electrons. The van der Waals surface area contributed by atoms with Crippen LogP contribution in [0.25, 0.3) is 10.9 Å².